The number of aliphatic hydroxyl groups is 1. The SMILES string of the molecule is CC[C@@]1(O)C(=O)OCc2c1cc1n(c2=O)Cc2cc3c(CN4CCN(C(=O)C5CCN(c6ccc(C(=O)N[C@H]7CC[C@H](Oc8ccc(C#N)c(Cl)c8)CC7)nn6)CC5)CC4)c(OC(=O)N(C)c4ccccc4)ccc3nc2-1. The van der Waals surface area contributed by atoms with E-state index in [0.717, 1.165) is 42.2 Å². The molecule has 0 unspecified atom stereocenters. The van der Waals surface area contributed by atoms with Crippen molar-refractivity contribution in [3.63, 3.8) is 0 Å². The van der Waals surface area contributed by atoms with Crippen LogP contribution in [0.3, 0.4) is 0 Å². The number of ether oxygens (including phenoxy) is 3. The number of aromatic nitrogens is 4. The molecule has 2 saturated heterocycles. The van der Waals surface area contributed by atoms with Crippen LogP contribution in [0, 0.1) is 17.2 Å². The molecule has 3 aromatic carbocycles. The van der Waals surface area contributed by atoms with E-state index in [4.69, 9.17) is 36.1 Å². The summed E-state index contributed by atoms with van der Waals surface area (Å²) in [6, 6.07) is 27.0. The second-order valence-corrected chi connectivity index (χ2v) is 20.8. The number of cyclic esters (lactones) is 1. The summed E-state index contributed by atoms with van der Waals surface area (Å²) in [7, 11) is 1.65. The number of carbonyl (C=O) groups is 4. The summed E-state index contributed by atoms with van der Waals surface area (Å²) >= 11 is 6.18. The van der Waals surface area contributed by atoms with Crippen molar-refractivity contribution in [2.75, 3.05) is 56.1 Å². The fraction of sp³-hybridized carbons (Fsp3) is 0.386. The second kappa shape index (κ2) is 21.2. The molecule has 7 heterocycles. The van der Waals surface area contributed by atoms with Crippen LogP contribution in [0.1, 0.15) is 90.2 Å². The number of amides is 3. The molecule has 3 aromatic heterocycles. The van der Waals surface area contributed by atoms with Gasteiger partial charge in [0.05, 0.1) is 45.7 Å². The molecule has 0 spiro atoms. The summed E-state index contributed by atoms with van der Waals surface area (Å²) in [5, 5.41) is 33.4. The average molecular weight is 1060 g/mol. The number of piperazine rings is 1. The van der Waals surface area contributed by atoms with Gasteiger partial charge < -0.3 is 39.0 Å². The van der Waals surface area contributed by atoms with Crippen molar-refractivity contribution in [3.8, 4) is 29.0 Å². The molecule has 0 radical (unpaired) electrons. The summed E-state index contributed by atoms with van der Waals surface area (Å²) in [5.74, 6) is 0.537. The van der Waals surface area contributed by atoms with Crippen molar-refractivity contribution in [2.45, 2.75) is 89.3 Å². The van der Waals surface area contributed by atoms with Crippen molar-refractivity contribution in [3.05, 3.63) is 134 Å². The van der Waals surface area contributed by atoms with Gasteiger partial charge >= 0.3 is 12.1 Å². The van der Waals surface area contributed by atoms with E-state index in [2.05, 4.69) is 31.4 Å². The molecule has 1 atom stereocenters. The number of fused-ring (bicyclic) bond motifs is 5. The second-order valence-electron chi connectivity index (χ2n) is 20.4. The van der Waals surface area contributed by atoms with Crippen LogP contribution in [0.25, 0.3) is 22.3 Å². The summed E-state index contributed by atoms with van der Waals surface area (Å²) < 4.78 is 19.1. The zero-order valence-electron chi connectivity index (χ0n) is 42.7. The molecule has 4 aliphatic heterocycles. The molecule has 0 bridgehead atoms. The molecule has 396 valence electrons. The summed E-state index contributed by atoms with van der Waals surface area (Å²) in [4.78, 5) is 80.5. The minimum absolute atomic E-state index is 0.0167. The first-order valence-electron chi connectivity index (χ1n) is 26.2. The van der Waals surface area contributed by atoms with Gasteiger partial charge in [0.25, 0.3) is 11.5 Å². The molecule has 3 fully saturated rings. The maximum atomic E-state index is 14.1. The van der Waals surface area contributed by atoms with Crippen LogP contribution in [0.5, 0.6) is 11.5 Å². The molecule has 3 amide bonds. The lowest BCUT2D eigenvalue weighted by molar-refractivity contribution is -0.172. The molecule has 11 rings (SSSR count). The predicted molar refractivity (Wildman–Crippen MR) is 285 cm³/mol. The fourth-order valence-corrected chi connectivity index (χ4v) is 11.5. The highest BCUT2D eigenvalue weighted by molar-refractivity contribution is 6.31. The first kappa shape index (κ1) is 51.2. The van der Waals surface area contributed by atoms with Crippen molar-refractivity contribution < 1.29 is 38.5 Å². The lowest BCUT2D eigenvalue weighted by Gasteiger charge is -2.39. The van der Waals surface area contributed by atoms with Gasteiger partial charge in [-0.05, 0) is 106 Å². The quantitative estimate of drug-likeness (QED) is 0.128. The topological polar surface area (TPSA) is 226 Å². The number of anilines is 2. The number of hydrogen-bond donors (Lipinski definition) is 2. The van der Waals surface area contributed by atoms with Crippen LogP contribution in [-0.4, -0.2) is 117 Å². The number of piperidine rings is 1. The van der Waals surface area contributed by atoms with Gasteiger partial charge in [-0.25, -0.2) is 14.6 Å². The van der Waals surface area contributed by atoms with E-state index in [1.807, 2.05) is 47.4 Å². The smallest absolute Gasteiger partial charge is 0.419 e. The molecule has 77 heavy (non-hydrogen) atoms. The van der Waals surface area contributed by atoms with Crippen molar-refractivity contribution in [1.29, 1.82) is 5.26 Å². The van der Waals surface area contributed by atoms with Gasteiger partial charge in [0, 0.05) is 98.7 Å². The van der Waals surface area contributed by atoms with Gasteiger partial charge in [-0.1, -0.05) is 36.7 Å². The third-order valence-corrected chi connectivity index (χ3v) is 16.2. The molecule has 2 N–H and O–H groups in total. The highest BCUT2D eigenvalue weighted by Crippen LogP contribution is 2.41. The van der Waals surface area contributed by atoms with Gasteiger partial charge in [0.15, 0.2) is 17.1 Å². The van der Waals surface area contributed by atoms with Crippen LogP contribution in [0.2, 0.25) is 5.02 Å². The summed E-state index contributed by atoms with van der Waals surface area (Å²) in [6.45, 7) is 5.44. The van der Waals surface area contributed by atoms with E-state index in [-0.39, 0.29) is 71.8 Å². The highest BCUT2D eigenvalue weighted by Gasteiger charge is 2.45. The monoisotopic (exact) mass is 1060 g/mol. The largest absolute Gasteiger partial charge is 0.490 e. The molecule has 1 aliphatic carbocycles. The Hall–Kier alpha value is -7.92. The third-order valence-electron chi connectivity index (χ3n) is 15.9. The van der Waals surface area contributed by atoms with E-state index < -0.39 is 17.7 Å². The average Bonchev–Trinajstić information content (AvgIpc) is 4.04. The van der Waals surface area contributed by atoms with Crippen molar-refractivity contribution >= 4 is 57.9 Å². The van der Waals surface area contributed by atoms with E-state index in [0.29, 0.717) is 109 Å². The van der Waals surface area contributed by atoms with E-state index in [9.17, 15) is 29.1 Å². The first-order chi connectivity index (χ1) is 37.3. The number of nitrogens with zero attached hydrogens (tertiary/aromatic N) is 9. The molecule has 1 saturated carbocycles. The van der Waals surface area contributed by atoms with Gasteiger partial charge in [-0.2, -0.15) is 5.26 Å². The Labute approximate surface area is 448 Å². The maximum Gasteiger partial charge on any atom is 0.419 e. The Balaban J connectivity index is 0.716. The number of para-hydroxylation sites is 1. The fourth-order valence-electron chi connectivity index (χ4n) is 11.3. The Morgan fingerprint density at radius 2 is 1.69 bits per heavy atom. The number of hydrogen-bond acceptors (Lipinski definition) is 15. The highest BCUT2D eigenvalue weighted by atomic mass is 35.5. The van der Waals surface area contributed by atoms with Crippen LogP contribution < -0.4 is 30.1 Å². The zero-order chi connectivity index (χ0) is 53.5. The maximum absolute atomic E-state index is 14.1. The predicted octanol–water partition coefficient (Wildman–Crippen LogP) is 6.71. The van der Waals surface area contributed by atoms with Gasteiger partial charge in [0.1, 0.15) is 24.2 Å². The molecular weight excluding hydrogens is 1000 g/mol. The Bertz CT molecular complexity index is 3400. The molecule has 19 nitrogen and oxygen atoms in total. The molecular formula is C57H57ClN10O9. The Morgan fingerprint density at radius 3 is 2.39 bits per heavy atom. The third kappa shape index (κ3) is 10.0. The van der Waals surface area contributed by atoms with Crippen molar-refractivity contribution in [2.24, 2.45) is 5.92 Å². The normalized spacial score (nSPS) is 20.3. The van der Waals surface area contributed by atoms with Crippen LogP contribution in [0.4, 0.5) is 16.3 Å². The van der Waals surface area contributed by atoms with Crippen molar-refractivity contribution in [1.82, 2.24) is 34.9 Å². The van der Waals surface area contributed by atoms with Gasteiger partial charge in [-0.15, -0.1) is 10.2 Å². The molecule has 5 aliphatic rings. The molecule has 6 aromatic rings. The number of pyridine rings is 2. The molecule has 20 heteroatoms. The van der Waals surface area contributed by atoms with E-state index >= 15 is 0 Å². The van der Waals surface area contributed by atoms with Crippen LogP contribution >= 0.6 is 11.6 Å². The lowest BCUT2D eigenvalue weighted by atomic mass is 9.86. The van der Waals surface area contributed by atoms with E-state index in [1.54, 1.807) is 61.0 Å². The number of carbonyl (C=O) groups excluding carboxylic acids is 4. The number of esters is 1. The van der Waals surface area contributed by atoms with Crippen LogP contribution in [0.15, 0.2) is 89.7 Å². The summed E-state index contributed by atoms with van der Waals surface area (Å²) in [6.07, 6.45) is 3.74. The van der Waals surface area contributed by atoms with Gasteiger partial charge in [0.2, 0.25) is 5.91 Å². The van der Waals surface area contributed by atoms with E-state index in [1.165, 1.54) is 4.90 Å². The summed E-state index contributed by atoms with van der Waals surface area (Å²) in [5.41, 5.74) is 2.63. The standard InChI is InChI=1S/C57H57ClN10O9/c1-3-57(74)44-29-48-51-36(31-68(48)54(71)43(44)33-75-55(57)72)27-41-42(49(17-15-46(41)61-51)77-56(73)64(2)38-7-5-4-6-8-38)32-65-23-25-67(26-24-65)53(70)34-19-21-66(22-20-34)50-18-16-47(62-63-50)52(69)60-37-10-13-39(14-11-37)76-40-12-9-35(30-59)45(58)28-40/h4-9,12,15-18,27-29,34,37,39,74H,3,10-11,13-14,19-26,31-33H2,1-2H3,(H,60,69)/t37-,39-,57-/m0/s1. The minimum Gasteiger partial charge on any atom is -0.490 e. The Morgan fingerprint density at radius 1 is 0.922 bits per heavy atom. The minimum atomic E-state index is -1.95. The number of benzene rings is 3. The zero-order valence-corrected chi connectivity index (χ0v) is 43.5. The number of rotatable bonds is 11. The first-order valence-corrected chi connectivity index (χ1v) is 26.6. The van der Waals surface area contributed by atoms with Gasteiger partial charge in [-0.3, -0.25) is 24.2 Å². The number of halogens is 1. The van der Waals surface area contributed by atoms with Crippen LogP contribution in [-0.2, 0) is 39.6 Å². The lowest BCUT2D eigenvalue weighted by Crippen LogP contribution is -2.51. The number of nitrogens with one attached hydrogen (secondary N) is 1. The number of nitriles is 1. The Kier molecular flexibility index (Phi) is 14.1.